The van der Waals surface area contributed by atoms with Gasteiger partial charge in [0.1, 0.15) is 5.75 Å². The van der Waals surface area contributed by atoms with Gasteiger partial charge in [-0.1, -0.05) is 55.2 Å². The molecule has 5 heteroatoms. The number of hydrogen-bond donors (Lipinski definition) is 1. The van der Waals surface area contributed by atoms with Crippen molar-refractivity contribution in [3.05, 3.63) is 57.6 Å². The fourth-order valence-electron chi connectivity index (χ4n) is 2.18. The molecule has 23 heavy (non-hydrogen) atoms. The molecule has 0 bridgehead atoms. The first-order valence-corrected chi connectivity index (χ1v) is 8.11. The van der Waals surface area contributed by atoms with Crippen molar-refractivity contribution in [3.63, 3.8) is 0 Å². The van der Waals surface area contributed by atoms with Gasteiger partial charge in [-0.3, -0.25) is 4.79 Å². The summed E-state index contributed by atoms with van der Waals surface area (Å²) in [4.78, 5) is 12.1. The average Bonchev–Trinajstić information content (AvgIpc) is 2.49. The second-order valence-electron chi connectivity index (χ2n) is 5.63. The van der Waals surface area contributed by atoms with Crippen LogP contribution in [0.3, 0.4) is 0 Å². The van der Waals surface area contributed by atoms with Gasteiger partial charge in [-0.05, 0) is 42.2 Å². The van der Waals surface area contributed by atoms with Crippen LogP contribution in [0, 0.1) is 6.92 Å². The molecule has 0 radical (unpaired) electrons. The lowest BCUT2D eigenvalue weighted by Crippen LogP contribution is -2.21. The van der Waals surface area contributed by atoms with Crippen LogP contribution in [0.1, 0.15) is 30.9 Å². The summed E-state index contributed by atoms with van der Waals surface area (Å²) in [6.45, 7) is 6.05. The standard InChI is InChI=1S/C18H19Cl2NO2/c1-11(2)13-8-7-12(3)9-16(13)23-10-17(22)21-18-14(19)5-4-6-15(18)20/h4-9,11H,10H2,1-3H3,(H,21,22). The van der Waals surface area contributed by atoms with Gasteiger partial charge in [0.2, 0.25) is 0 Å². The van der Waals surface area contributed by atoms with E-state index in [9.17, 15) is 4.79 Å². The molecule has 2 aromatic rings. The Balaban J connectivity index is 2.07. The van der Waals surface area contributed by atoms with E-state index < -0.39 is 0 Å². The second kappa shape index (κ2) is 7.71. The molecule has 0 aliphatic carbocycles. The highest BCUT2D eigenvalue weighted by Gasteiger charge is 2.12. The Morgan fingerprint density at radius 3 is 2.43 bits per heavy atom. The average molecular weight is 352 g/mol. The summed E-state index contributed by atoms with van der Waals surface area (Å²) in [5.41, 5.74) is 2.55. The highest BCUT2D eigenvalue weighted by atomic mass is 35.5. The van der Waals surface area contributed by atoms with Gasteiger partial charge in [0.25, 0.3) is 5.91 Å². The lowest BCUT2D eigenvalue weighted by Gasteiger charge is -2.15. The normalized spacial score (nSPS) is 10.7. The molecule has 1 amide bonds. The van der Waals surface area contributed by atoms with Gasteiger partial charge >= 0.3 is 0 Å². The molecule has 0 unspecified atom stereocenters. The molecule has 2 aromatic carbocycles. The first-order valence-electron chi connectivity index (χ1n) is 7.35. The van der Waals surface area contributed by atoms with Crippen LogP contribution < -0.4 is 10.1 Å². The van der Waals surface area contributed by atoms with Gasteiger partial charge in [-0.2, -0.15) is 0 Å². The van der Waals surface area contributed by atoms with Crippen LogP contribution in [0.2, 0.25) is 10.0 Å². The molecule has 0 fully saturated rings. The minimum absolute atomic E-state index is 0.106. The SMILES string of the molecule is Cc1ccc(C(C)C)c(OCC(=O)Nc2c(Cl)cccc2Cl)c1. The Bertz CT molecular complexity index is 694. The monoisotopic (exact) mass is 351 g/mol. The quantitative estimate of drug-likeness (QED) is 0.778. The third-order valence-corrected chi connectivity index (χ3v) is 4.01. The van der Waals surface area contributed by atoms with Crippen molar-refractivity contribution >= 4 is 34.8 Å². The lowest BCUT2D eigenvalue weighted by atomic mass is 10.0. The largest absolute Gasteiger partial charge is 0.483 e. The van der Waals surface area contributed by atoms with Crippen molar-refractivity contribution < 1.29 is 9.53 Å². The van der Waals surface area contributed by atoms with E-state index in [0.29, 0.717) is 21.7 Å². The molecule has 3 nitrogen and oxygen atoms in total. The summed E-state index contributed by atoms with van der Waals surface area (Å²) >= 11 is 12.1. The van der Waals surface area contributed by atoms with E-state index in [1.165, 1.54) is 0 Å². The van der Waals surface area contributed by atoms with Gasteiger partial charge in [-0.25, -0.2) is 0 Å². The second-order valence-corrected chi connectivity index (χ2v) is 6.44. The number of ether oxygens (including phenoxy) is 1. The number of hydrogen-bond acceptors (Lipinski definition) is 2. The smallest absolute Gasteiger partial charge is 0.262 e. The fourth-order valence-corrected chi connectivity index (χ4v) is 2.67. The molecule has 1 N–H and O–H groups in total. The Hall–Kier alpha value is -1.71. The molecule has 122 valence electrons. The van der Waals surface area contributed by atoms with Crippen LogP contribution in [-0.2, 0) is 4.79 Å². The third kappa shape index (κ3) is 4.63. The first-order chi connectivity index (χ1) is 10.9. The number of aryl methyl sites for hydroxylation is 1. The van der Waals surface area contributed by atoms with E-state index in [2.05, 4.69) is 19.2 Å². The Kier molecular flexibility index (Phi) is 5.91. The summed E-state index contributed by atoms with van der Waals surface area (Å²) in [5, 5.41) is 3.47. The molecule has 0 saturated carbocycles. The van der Waals surface area contributed by atoms with Crippen molar-refractivity contribution in [2.45, 2.75) is 26.7 Å². The minimum atomic E-state index is -0.309. The molecule has 0 aliphatic heterocycles. The zero-order valence-electron chi connectivity index (χ0n) is 13.3. The Morgan fingerprint density at radius 2 is 1.83 bits per heavy atom. The Morgan fingerprint density at radius 1 is 1.17 bits per heavy atom. The van der Waals surface area contributed by atoms with Crippen LogP contribution in [0.15, 0.2) is 36.4 Å². The summed E-state index contributed by atoms with van der Waals surface area (Å²) in [5.74, 6) is 0.725. The lowest BCUT2D eigenvalue weighted by molar-refractivity contribution is -0.118. The number of amides is 1. The van der Waals surface area contributed by atoms with E-state index in [0.717, 1.165) is 16.9 Å². The number of halogens is 2. The molecule has 0 spiro atoms. The minimum Gasteiger partial charge on any atom is -0.483 e. The van der Waals surface area contributed by atoms with Gasteiger partial charge in [0.15, 0.2) is 6.61 Å². The number of carbonyl (C=O) groups is 1. The topological polar surface area (TPSA) is 38.3 Å². The molecular weight excluding hydrogens is 333 g/mol. The van der Waals surface area contributed by atoms with Crippen LogP contribution in [0.4, 0.5) is 5.69 Å². The van der Waals surface area contributed by atoms with Gasteiger partial charge in [-0.15, -0.1) is 0 Å². The molecule has 0 saturated heterocycles. The van der Waals surface area contributed by atoms with Gasteiger partial charge in [0.05, 0.1) is 15.7 Å². The summed E-state index contributed by atoms with van der Waals surface area (Å²) in [7, 11) is 0. The van der Waals surface area contributed by atoms with Crippen LogP contribution in [-0.4, -0.2) is 12.5 Å². The van der Waals surface area contributed by atoms with Crippen molar-refractivity contribution in [2.75, 3.05) is 11.9 Å². The third-order valence-electron chi connectivity index (χ3n) is 3.38. The van der Waals surface area contributed by atoms with E-state index in [1.54, 1.807) is 18.2 Å². The van der Waals surface area contributed by atoms with Crippen LogP contribution in [0.5, 0.6) is 5.75 Å². The van der Waals surface area contributed by atoms with Crippen LogP contribution in [0.25, 0.3) is 0 Å². The number of anilines is 1. The zero-order valence-corrected chi connectivity index (χ0v) is 14.8. The van der Waals surface area contributed by atoms with Gasteiger partial charge in [0, 0.05) is 0 Å². The highest BCUT2D eigenvalue weighted by Crippen LogP contribution is 2.30. The molecule has 2 rings (SSSR count). The summed E-state index contributed by atoms with van der Waals surface area (Å²) in [6.07, 6.45) is 0. The van der Waals surface area contributed by atoms with E-state index in [4.69, 9.17) is 27.9 Å². The van der Waals surface area contributed by atoms with Crippen molar-refractivity contribution in [2.24, 2.45) is 0 Å². The predicted octanol–water partition coefficient (Wildman–Crippen LogP) is 5.44. The van der Waals surface area contributed by atoms with E-state index in [1.807, 2.05) is 25.1 Å². The number of nitrogens with one attached hydrogen (secondary N) is 1. The Labute approximate surface area is 146 Å². The maximum Gasteiger partial charge on any atom is 0.262 e. The number of carbonyl (C=O) groups excluding carboxylic acids is 1. The van der Waals surface area contributed by atoms with Gasteiger partial charge < -0.3 is 10.1 Å². The van der Waals surface area contributed by atoms with Crippen molar-refractivity contribution in [3.8, 4) is 5.75 Å². The van der Waals surface area contributed by atoms with Crippen LogP contribution >= 0.6 is 23.2 Å². The maximum absolute atomic E-state index is 12.1. The summed E-state index contributed by atoms with van der Waals surface area (Å²) < 4.78 is 5.69. The molecule has 0 aliphatic rings. The predicted molar refractivity (Wildman–Crippen MR) is 95.9 cm³/mol. The van der Waals surface area contributed by atoms with Crippen molar-refractivity contribution in [1.82, 2.24) is 0 Å². The van der Waals surface area contributed by atoms with E-state index in [-0.39, 0.29) is 12.5 Å². The first kappa shape index (κ1) is 17.6. The number of para-hydroxylation sites is 1. The molecule has 0 atom stereocenters. The highest BCUT2D eigenvalue weighted by molar-refractivity contribution is 6.39. The zero-order chi connectivity index (χ0) is 17.0. The number of benzene rings is 2. The fraction of sp³-hybridized carbons (Fsp3) is 0.278. The molecule has 0 heterocycles. The molecular formula is C18H19Cl2NO2. The van der Waals surface area contributed by atoms with Crippen molar-refractivity contribution in [1.29, 1.82) is 0 Å². The maximum atomic E-state index is 12.1. The number of rotatable bonds is 5. The molecule has 0 aromatic heterocycles. The summed E-state index contributed by atoms with van der Waals surface area (Å²) in [6, 6.07) is 11.1. The van der Waals surface area contributed by atoms with E-state index >= 15 is 0 Å².